The zero-order valence-electron chi connectivity index (χ0n) is 12.5. The summed E-state index contributed by atoms with van der Waals surface area (Å²) in [5, 5.41) is 14.4. The molecule has 1 N–H and O–H groups in total. The molecule has 0 amide bonds. The van der Waals surface area contributed by atoms with E-state index in [1.807, 2.05) is 19.9 Å². The van der Waals surface area contributed by atoms with Gasteiger partial charge in [0.1, 0.15) is 6.61 Å². The highest BCUT2D eigenvalue weighted by Crippen LogP contribution is 2.28. The van der Waals surface area contributed by atoms with Crippen molar-refractivity contribution >= 4 is 5.69 Å². The van der Waals surface area contributed by atoms with Crippen LogP contribution in [0.1, 0.15) is 32.3 Å². The van der Waals surface area contributed by atoms with E-state index >= 15 is 0 Å². The Labute approximate surface area is 124 Å². The molecule has 116 valence electrons. The van der Waals surface area contributed by atoms with Gasteiger partial charge in [0.2, 0.25) is 0 Å². The Morgan fingerprint density at radius 2 is 2.33 bits per heavy atom. The quantitative estimate of drug-likeness (QED) is 0.618. The van der Waals surface area contributed by atoms with Crippen LogP contribution in [0.15, 0.2) is 18.2 Å². The van der Waals surface area contributed by atoms with Crippen LogP contribution >= 0.6 is 0 Å². The van der Waals surface area contributed by atoms with Gasteiger partial charge in [0, 0.05) is 25.3 Å². The van der Waals surface area contributed by atoms with E-state index in [0.717, 1.165) is 25.0 Å². The lowest BCUT2D eigenvalue weighted by Gasteiger charge is -2.13. The predicted molar refractivity (Wildman–Crippen MR) is 79.5 cm³/mol. The van der Waals surface area contributed by atoms with E-state index in [2.05, 4.69) is 5.32 Å². The summed E-state index contributed by atoms with van der Waals surface area (Å²) in [6.07, 6.45) is 2.02. The van der Waals surface area contributed by atoms with Gasteiger partial charge in [-0.1, -0.05) is 19.9 Å². The summed E-state index contributed by atoms with van der Waals surface area (Å²) in [6, 6.07) is 5.43. The normalized spacial score (nSPS) is 18.1. The lowest BCUT2D eigenvalue weighted by Crippen LogP contribution is -2.22. The van der Waals surface area contributed by atoms with Crippen LogP contribution in [0.5, 0.6) is 5.75 Å². The van der Waals surface area contributed by atoms with Gasteiger partial charge in [-0.25, -0.2) is 0 Å². The fourth-order valence-corrected chi connectivity index (χ4v) is 2.22. The minimum atomic E-state index is -0.399. The summed E-state index contributed by atoms with van der Waals surface area (Å²) in [6.45, 7) is 5.78. The van der Waals surface area contributed by atoms with E-state index in [4.69, 9.17) is 9.47 Å². The minimum absolute atomic E-state index is 0.0102. The number of hydrogen-bond acceptors (Lipinski definition) is 5. The van der Waals surface area contributed by atoms with Crippen LogP contribution in [0, 0.1) is 10.1 Å². The fourth-order valence-electron chi connectivity index (χ4n) is 2.22. The Kier molecular flexibility index (Phi) is 5.52. The highest BCUT2D eigenvalue weighted by molar-refractivity contribution is 5.48. The smallest absolute Gasteiger partial charge is 0.311 e. The Morgan fingerprint density at radius 3 is 2.95 bits per heavy atom. The van der Waals surface area contributed by atoms with Gasteiger partial charge < -0.3 is 14.8 Å². The molecule has 1 aliphatic rings. The van der Waals surface area contributed by atoms with Crippen molar-refractivity contribution in [3.8, 4) is 5.75 Å². The third kappa shape index (κ3) is 4.68. The monoisotopic (exact) mass is 294 g/mol. The average molecular weight is 294 g/mol. The van der Waals surface area contributed by atoms with Crippen LogP contribution < -0.4 is 10.1 Å². The summed E-state index contributed by atoms with van der Waals surface area (Å²) in [7, 11) is 0. The van der Waals surface area contributed by atoms with Gasteiger partial charge in [-0.05, 0) is 24.5 Å². The fraction of sp³-hybridized carbons (Fsp3) is 0.600. The SMILES string of the molecule is CC(C)NCc1ccc(OCC2CCCO2)c([N+](=O)[O-])c1. The molecule has 1 aromatic rings. The van der Waals surface area contributed by atoms with Crippen molar-refractivity contribution in [2.45, 2.75) is 45.4 Å². The van der Waals surface area contributed by atoms with Crippen molar-refractivity contribution in [2.75, 3.05) is 13.2 Å². The second kappa shape index (κ2) is 7.38. The highest BCUT2D eigenvalue weighted by atomic mass is 16.6. The topological polar surface area (TPSA) is 73.6 Å². The first-order chi connectivity index (χ1) is 10.1. The van der Waals surface area contributed by atoms with Gasteiger partial charge >= 0.3 is 5.69 Å². The van der Waals surface area contributed by atoms with Crippen molar-refractivity contribution in [1.29, 1.82) is 0 Å². The van der Waals surface area contributed by atoms with Gasteiger partial charge in [-0.15, -0.1) is 0 Å². The molecule has 21 heavy (non-hydrogen) atoms. The van der Waals surface area contributed by atoms with E-state index < -0.39 is 4.92 Å². The van der Waals surface area contributed by atoms with Crippen molar-refractivity contribution in [3.05, 3.63) is 33.9 Å². The number of nitro groups is 1. The molecule has 1 unspecified atom stereocenters. The largest absolute Gasteiger partial charge is 0.484 e. The first kappa shape index (κ1) is 15.7. The van der Waals surface area contributed by atoms with Crippen LogP contribution in [-0.4, -0.2) is 30.3 Å². The van der Waals surface area contributed by atoms with Crippen molar-refractivity contribution in [3.63, 3.8) is 0 Å². The summed E-state index contributed by atoms with van der Waals surface area (Å²) >= 11 is 0. The third-order valence-electron chi connectivity index (χ3n) is 3.38. The molecule has 1 aromatic carbocycles. The highest BCUT2D eigenvalue weighted by Gasteiger charge is 2.20. The van der Waals surface area contributed by atoms with Crippen LogP contribution in [0.3, 0.4) is 0 Å². The lowest BCUT2D eigenvalue weighted by atomic mass is 10.1. The second-order valence-electron chi connectivity index (χ2n) is 5.54. The molecule has 0 aliphatic carbocycles. The number of benzene rings is 1. The van der Waals surface area contributed by atoms with E-state index in [1.165, 1.54) is 0 Å². The minimum Gasteiger partial charge on any atom is -0.484 e. The first-order valence-corrected chi connectivity index (χ1v) is 7.31. The van der Waals surface area contributed by atoms with E-state index in [1.54, 1.807) is 12.1 Å². The van der Waals surface area contributed by atoms with Crippen LogP contribution in [0.25, 0.3) is 0 Å². The Bertz CT molecular complexity index is 485. The van der Waals surface area contributed by atoms with E-state index in [0.29, 0.717) is 24.9 Å². The van der Waals surface area contributed by atoms with E-state index in [9.17, 15) is 10.1 Å². The molecule has 1 aliphatic heterocycles. The third-order valence-corrected chi connectivity index (χ3v) is 3.38. The molecule has 1 atom stereocenters. The van der Waals surface area contributed by atoms with Crippen LogP contribution in [-0.2, 0) is 11.3 Å². The zero-order valence-corrected chi connectivity index (χ0v) is 12.5. The molecule has 0 spiro atoms. The molecule has 1 fully saturated rings. The van der Waals surface area contributed by atoms with Crippen LogP contribution in [0.4, 0.5) is 5.69 Å². The molecule has 6 nitrogen and oxygen atoms in total. The summed E-state index contributed by atoms with van der Waals surface area (Å²) in [5.41, 5.74) is 0.885. The van der Waals surface area contributed by atoms with Gasteiger partial charge in [0.15, 0.2) is 5.75 Å². The standard InChI is InChI=1S/C15H22N2O4/c1-11(2)16-9-12-5-6-15(14(8-12)17(18)19)21-10-13-4-3-7-20-13/h5-6,8,11,13,16H,3-4,7,9-10H2,1-2H3. The van der Waals surface area contributed by atoms with E-state index in [-0.39, 0.29) is 11.8 Å². The molecule has 6 heteroatoms. The second-order valence-corrected chi connectivity index (χ2v) is 5.54. The zero-order chi connectivity index (χ0) is 15.2. The summed E-state index contributed by atoms with van der Waals surface area (Å²) in [5.74, 6) is 0.309. The summed E-state index contributed by atoms with van der Waals surface area (Å²) < 4.78 is 11.0. The number of nitro benzene ring substituents is 1. The van der Waals surface area contributed by atoms with Gasteiger partial charge in [-0.2, -0.15) is 0 Å². The molecule has 1 saturated heterocycles. The van der Waals surface area contributed by atoms with Crippen molar-refractivity contribution < 1.29 is 14.4 Å². The maximum absolute atomic E-state index is 11.2. The Morgan fingerprint density at radius 1 is 1.52 bits per heavy atom. The number of rotatable bonds is 7. The maximum atomic E-state index is 11.2. The molecule has 2 rings (SSSR count). The molecular formula is C15H22N2O4. The van der Waals surface area contributed by atoms with Crippen LogP contribution in [0.2, 0.25) is 0 Å². The number of nitrogens with one attached hydrogen (secondary N) is 1. The van der Waals surface area contributed by atoms with Gasteiger partial charge in [-0.3, -0.25) is 10.1 Å². The molecule has 0 aromatic heterocycles. The van der Waals surface area contributed by atoms with Crippen molar-refractivity contribution in [1.82, 2.24) is 5.32 Å². The Balaban J connectivity index is 2.03. The number of hydrogen-bond donors (Lipinski definition) is 1. The lowest BCUT2D eigenvalue weighted by molar-refractivity contribution is -0.386. The Hall–Kier alpha value is -1.66. The maximum Gasteiger partial charge on any atom is 0.311 e. The van der Waals surface area contributed by atoms with Gasteiger partial charge in [0.05, 0.1) is 11.0 Å². The molecule has 0 radical (unpaired) electrons. The van der Waals surface area contributed by atoms with Crippen molar-refractivity contribution in [2.24, 2.45) is 0 Å². The first-order valence-electron chi connectivity index (χ1n) is 7.31. The number of ether oxygens (including phenoxy) is 2. The molecule has 0 bridgehead atoms. The number of nitrogens with zero attached hydrogens (tertiary/aromatic N) is 1. The predicted octanol–water partition coefficient (Wildman–Crippen LogP) is 2.65. The average Bonchev–Trinajstić information content (AvgIpc) is 2.96. The molecule has 0 saturated carbocycles. The van der Waals surface area contributed by atoms with Gasteiger partial charge in [0.25, 0.3) is 0 Å². The molecule has 1 heterocycles. The molecular weight excluding hydrogens is 272 g/mol. The summed E-state index contributed by atoms with van der Waals surface area (Å²) in [4.78, 5) is 10.8.